The van der Waals surface area contributed by atoms with Crippen LogP contribution in [0.15, 0.2) is 48.1 Å². The molecule has 206 valence electrons. The van der Waals surface area contributed by atoms with E-state index in [1.807, 2.05) is 39.0 Å². The second-order valence-corrected chi connectivity index (χ2v) is 10.7. The van der Waals surface area contributed by atoms with Gasteiger partial charge in [0.2, 0.25) is 0 Å². The minimum absolute atomic E-state index is 0.0941. The van der Waals surface area contributed by atoms with Crippen LogP contribution in [0.1, 0.15) is 32.8 Å². The lowest BCUT2D eigenvalue weighted by Gasteiger charge is -2.42. The number of nitrogens with one attached hydrogen (secondary N) is 1. The zero-order chi connectivity index (χ0) is 27.8. The molecule has 0 aliphatic carbocycles. The molecule has 3 aliphatic heterocycles. The number of hydrogen-bond donors (Lipinski definition) is 2. The highest BCUT2D eigenvalue weighted by molar-refractivity contribution is 6.35. The first kappa shape index (κ1) is 28.2. The van der Waals surface area contributed by atoms with Crippen molar-refractivity contribution in [1.29, 1.82) is 0 Å². The van der Waals surface area contributed by atoms with E-state index in [1.54, 1.807) is 25.3 Å². The van der Waals surface area contributed by atoms with E-state index in [4.69, 9.17) is 30.5 Å². The summed E-state index contributed by atoms with van der Waals surface area (Å²) in [6, 6.07) is 3.70. The Labute approximate surface area is 228 Å². The summed E-state index contributed by atoms with van der Waals surface area (Å²) in [5, 5.41) is 14.3. The van der Waals surface area contributed by atoms with E-state index in [0.717, 1.165) is 11.1 Å². The molecule has 0 radical (unpaired) electrons. The van der Waals surface area contributed by atoms with E-state index in [9.17, 15) is 14.7 Å². The molecular weight excluding hydrogens is 512 g/mol. The molecule has 2 saturated heterocycles. The number of anilines is 1. The van der Waals surface area contributed by atoms with Crippen LogP contribution in [0.5, 0.6) is 5.75 Å². The number of likely N-dealkylation sites (N-methyl/N-ethyl adjacent to an activating group) is 1. The number of aliphatic hydroxyl groups is 1. The number of carbonyl (C=O) groups is 2. The third kappa shape index (κ3) is 5.61. The summed E-state index contributed by atoms with van der Waals surface area (Å²) in [6.07, 6.45) is 6.68. The Morgan fingerprint density at radius 3 is 2.68 bits per heavy atom. The maximum atomic E-state index is 13.1. The number of ether oxygens (including phenoxy) is 4. The van der Waals surface area contributed by atoms with Crippen molar-refractivity contribution >= 4 is 29.3 Å². The van der Waals surface area contributed by atoms with Crippen molar-refractivity contribution in [2.24, 2.45) is 5.92 Å². The molecule has 4 rings (SSSR count). The van der Waals surface area contributed by atoms with Crippen molar-refractivity contribution in [2.75, 3.05) is 26.2 Å². The third-order valence-corrected chi connectivity index (χ3v) is 7.84. The summed E-state index contributed by atoms with van der Waals surface area (Å²) in [5.74, 6) is -0.0859. The molecule has 10 heteroatoms. The number of allylic oxidation sites excluding steroid dienone is 3. The summed E-state index contributed by atoms with van der Waals surface area (Å²) >= 11 is 6.58. The summed E-state index contributed by atoms with van der Waals surface area (Å²) in [6.45, 7) is 5.72. The SMILES string of the molecule is COc1cc2cc(c1Cl)N(C)C(=O)/C=C/[C@]1(C)O[C@@H]1[C@@H](C)[C@@H]1C[C@](O)(NC(=O)O1)[C@H](OC)/C=C/C=C(\C)C2. The van der Waals surface area contributed by atoms with Gasteiger partial charge >= 0.3 is 6.09 Å². The Balaban J connectivity index is 1.75. The maximum Gasteiger partial charge on any atom is 0.409 e. The number of methoxy groups -OCH3 is 2. The molecule has 3 aliphatic rings. The van der Waals surface area contributed by atoms with Crippen molar-refractivity contribution in [3.8, 4) is 5.75 Å². The number of benzene rings is 1. The monoisotopic (exact) mass is 546 g/mol. The lowest BCUT2D eigenvalue weighted by atomic mass is 9.85. The first-order valence-electron chi connectivity index (χ1n) is 12.5. The lowest BCUT2D eigenvalue weighted by molar-refractivity contribution is -0.142. The van der Waals surface area contributed by atoms with Crippen molar-refractivity contribution in [3.05, 3.63) is 58.7 Å². The molecule has 0 unspecified atom stereocenters. The van der Waals surface area contributed by atoms with Gasteiger partial charge in [-0.2, -0.15) is 0 Å². The topological polar surface area (TPSA) is 110 Å². The van der Waals surface area contributed by atoms with Crippen molar-refractivity contribution in [3.63, 3.8) is 0 Å². The second kappa shape index (κ2) is 10.7. The Bertz CT molecular complexity index is 1200. The standard InChI is InChI=1S/C28H35ClN2O7/c1-16-8-7-9-22(36-6)28(34)15-21(37-26(33)30-28)17(2)25-27(3,38-25)11-10-23(32)31(4)19-13-18(12-16)14-20(35-5)24(19)29/h7-11,13-14,17,21-22,25,34H,12,15H2,1-6H3,(H,30,33)/b9-7+,11-10+,16-8+/t17-,21-,22+,25+,27-,28+/m0/s1. The summed E-state index contributed by atoms with van der Waals surface area (Å²) in [7, 11) is 4.66. The molecule has 0 spiro atoms. The van der Waals surface area contributed by atoms with Gasteiger partial charge in [0.15, 0.2) is 5.72 Å². The molecule has 1 aromatic rings. The average Bonchev–Trinajstić information content (AvgIpc) is 3.55. The van der Waals surface area contributed by atoms with Gasteiger partial charge < -0.3 is 29.0 Å². The zero-order valence-electron chi connectivity index (χ0n) is 22.5. The first-order valence-corrected chi connectivity index (χ1v) is 12.9. The van der Waals surface area contributed by atoms with E-state index in [2.05, 4.69) is 5.32 Å². The molecule has 0 aromatic heterocycles. The molecule has 2 fully saturated rings. The minimum atomic E-state index is -1.68. The molecule has 9 nitrogen and oxygen atoms in total. The third-order valence-electron chi connectivity index (χ3n) is 7.46. The Morgan fingerprint density at radius 2 is 2.00 bits per heavy atom. The van der Waals surface area contributed by atoms with Gasteiger partial charge in [0.05, 0.1) is 18.9 Å². The van der Waals surface area contributed by atoms with Gasteiger partial charge in [-0.15, -0.1) is 0 Å². The van der Waals surface area contributed by atoms with Crippen molar-refractivity contribution in [1.82, 2.24) is 5.32 Å². The molecule has 2 amide bonds. The highest BCUT2D eigenvalue weighted by Gasteiger charge is 2.58. The van der Waals surface area contributed by atoms with Gasteiger partial charge in [-0.05, 0) is 44.0 Å². The lowest BCUT2D eigenvalue weighted by Crippen LogP contribution is -2.63. The molecule has 3 heterocycles. The highest BCUT2D eigenvalue weighted by atomic mass is 35.5. The van der Waals surface area contributed by atoms with Crippen LogP contribution in [0.2, 0.25) is 5.02 Å². The van der Waals surface area contributed by atoms with Crippen molar-refractivity contribution < 1.29 is 33.6 Å². The number of hydrogen-bond acceptors (Lipinski definition) is 7. The average molecular weight is 547 g/mol. The Morgan fingerprint density at radius 1 is 1.26 bits per heavy atom. The van der Waals surface area contributed by atoms with E-state index in [-0.39, 0.29) is 24.3 Å². The van der Waals surface area contributed by atoms with Gasteiger partial charge in [0.25, 0.3) is 5.91 Å². The van der Waals surface area contributed by atoms with Crippen LogP contribution >= 0.6 is 11.6 Å². The first-order chi connectivity index (χ1) is 17.9. The van der Waals surface area contributed by atoms with E-state index in [1.165, 1.54) is 25.2 Å². The predicted octanol–water partition coefficient (Wildman–Crippen LogP) is 3.92. The van der Waals surface area contributed by atoms with Gasteiger partial charge in [0, 0.05) is 32.6 Å². The largest absolute Gasteiger partial charge is 0.495 e. The number of carbonyl (C=O) groups excluding carboxylic acids is 2. The number of halogens is 1. The quantitative estimate of drug-likeness (QED) is 0.541. The van der Waals surface area contributed by atoms with Crippen LogP contribution in [0, 0.1) is 5.92 Å². The molecule has 38 heavy (non-hydrogen) atoms. The molecule has 2 N–H and O–H groups in total. The molecule has 1 aromatic carbocycles. The van der Waals surface area contributed by atoms with E-state index < -0.39 is 29.6 Å². The van der Waals surface area contributed by atoms with Gasteiger partial charge in [-0.25, -0.2) is 4.79 Å². The van der Waals surface area contributed by atoms with Crippen molar-refractivity contribution in [2.45, 2.75) is 63.3 Å². The summed E-state index contributed by atoms with van der Waals surface area (Å²) < 4.78 is 22.5. The predicted molar refractivity (Wildman–Crippen MR) is 143 cm³/mol. The van der Waals surface area contributed by atoms with Crippen LogP contribution < -0.4 is 15.0 Å². The Kier molecular flexibility index (Phi) is 7.95. The van der Waals surface area contributed by atoms with Crippen LogP contribution in [0.4, 0.5) is 10.5 Å². The number of nitrogens with zero attached hydrogens (tertiary/aromatic N) is 1. The minimum Gasteiger partial charge on any atom is -0.495 e. The number of amides is 2. The number of epoxide rings is 1. The number of alkyl carbamates (subject to hydrolysis) is 1. The van der Waals surface area contributed by atoms with Crippen LogP contribution in [0.25, 0.3) is 0 Å². The van der Waals surface area contributed by atoms with Gasteiger partial charge in [0.1, 0.15) is 28.6 Å². The van der Waals surface area contributed by atoms with Crippen LogP contribution in [-0.2, 0) is 25.4 Å². The zero-order valence-corrected chi connectivity index (χ0v) is 23.2. The maximum absolute atomic E-state index is 13.1. The fourth-order valence-corrected chi connectivity index (χ4v) is 5.47. The second-order valence-electron chi connectivity index (χ2n) is 10.4. The normalized spacial score (nSPS) is 36.7. The highest BCUT2D eigenvalue weighted by Crippen LogP contribution is 2.46. The Hall–Kier alpha value is -2.85. The van der Waals surface area contributed by atoms with E-state index in [0.29, 0.717) is 22.9 Å². The smallest absolute Gasteiger partial charge is 0.409 e. The van der Waals surface area contributed by atoms with Gasteiger partial charge in [-0.3, -0.25) is 10.1 Å². The molecular formula is C28H35ClN2O7. The molecule has 4 bridgehead atoms. The molecule has 6 atom stereocenters. The fraction of sp³-hybridized carbons (Fsp3) is 0.500. The number of fused-ring (bicyclic) bond motifs is 5. The van der Waals surface area contributed by atoms with Crippen LogP contribution in [0.3, 0.4) is 0 Å². The van der Waals surface area contributed by atoms with Crippen LogP contribution in [-0.4, -0.2) is 68.0 Å². The summed E-state index contributed by atoms with van der Waals surface area (Å²) in [4.78, 5) is 27.0. The molecule has 0 saturated carbocycles. The number of rotatable bonds is 2. The summed E-state index contributed by atoms with van der Waals surface area (Å²) in [5.41, 5.74) is 0.00882. The van der Waals surface area contributed by atoms with E-state index >= 15 is 0 Å². The fourth-order valence-electron chi connectivity index (χ4n) is 5.16. The van der Waals surface area contributed by atoms with Gasteiger partial charge in [-0.1, -0.05) is 42.3 Å².